The van der Waals surface area contributed by atoms with Crippen LogP contribution in [-0.2, 0) is 0 Å². The maximum absolute atomic E-state index is 13.2. The molecule has 1 atom stereocenters. The summed E-state index contributed by atoms with van der Waals surface area (Å²) < 4.78 is 13.2. The average molecular weight is 302 g/mol. The third-order valence-electron chi connectivity index (χ3n) is 3.50. The molecule has 22 heavy (non-hydrogen) atoms. The van der Waals surface area contributed by atoms with Gasteiger partial charge >= 0.3 is 6.03 Å². The van der Waals surface area contributed by atoms with E-state index in [4.69, 9.17) is 0 Å². The summed E-state index contributed by atoms with van der Waals surface area (Å²) in [6.07, 6.45) is 0. The summed E-state index contributed by atoms with van der Waals surface area (Å²) in [6, 6.07) is 12.0. The topological polar surface area (TPSA) is 52.6 Å². The van der Waals surface area contributed by atoms with Crippen LogP contribution in [0.1, 0.15) is 25.5 Å². The summed E-state index contributed by atoms with van der Waals surface area (Å²) in [7, 11) is 0. The lowest BCUT2D eigenvalue weighted by atomic mass is 10.1. The number of carbonyl (C=O) groups excluding carboxylic acids is 1. The van der Waals surface area contributed by atoms with E-state index in [0.29, 0.717) is 12.2 Å². The minimum Gasteiger partial charge on any atom is -0.508 e. The van der Waals surface area contributed by atoms with Gasteiger partial charge in [-0.25, -0.2) is 9.18 Å². The van der Waals surface area contributed by atoms with Gasteiger partial charge in [0.05, 0.1) is 6.04 Å². The van der Waals surface area contributed by atoms with Crippen LogP contribution in [0.5, 0.6) is 5.75 Å². The van der Waals surface area contributed by atoms with Gasteiger partial charge in [0.1, 0.15) is 11.6 Å². The van der Waals surface area contributed by atoms with E-state index >= 15 is 0 Å². The lowest BCUT2D eigenvalue weighted by Gasteiger charge is -2.28. The molecule has 116 valence electrons. The van der Waals surface area contributed by atoms with E-state index in [1.165, 1.54) is 12.1 Å². The predicted octanol–water partition coefficient (Wildman–Crippen LogP) is 4.15. The highest BCUT2D eigenvalue weighted by Gasteiger charge is 2.20. The third-order valence-corrected chi connectivity index (χ3v) is 3.50. The number of carbonyl (C=O) groups is 1. The molecule has 2 aromatic rings. The van der Waals surface area contributed by atoms with Gasteiger partial charge in [-0.15, -0.1) is 0 Å². The molecule has 0 saturated heterocycles. The molecule has 0 heterocycles. The molecule has 1 unspecified atom stereocenters. The summed E-state index contributed by atoms with van der Waals surface area (Å²) in [5, 5.41) is 12.2. The van der Waals surface area contributed by atoms with Gasteiger partial charge in [0, 0.05) is 12.2 Å². The van der Waals surface area contributed by atoms with Crippen LogP contribution in [-0.4, -0.2) is 22.6 Å². The normalized spacial score (nSPS) is 11.8. The van der Waals surface area contributed by atoms with E-state index in [1.54, 1.807) is 35.2 Å². The van der Waals surface area contributed by atoms with Gasteiger partial charge in [0.15, 0.2) is 0 Å². The largest absolute Gasteiger partial charge is 0.508 e. The number of aromatic hydroxyl groups is 1. The molecule has 0 fully saturated rings. The molecule has 2 N–H and O–H groups in total. The van der Waals surface area contributed by atoms with Crippen molar-refractivity contribution in [1.29, 1.82) is 0 Å². The fourth-order valence-corrected chi connectivity index (χ4v) is 2.32. The molecule has 0 radical (unpaired) electrons. The Morgan fingerprint density at radius 2 is 2.00 bits per heavy atom. The zero-order valence-electron chi connectivity index (χ0n) is 12.6. The van der Waals surface area contributed by atoms with Gasteiger partial charge in [-0.05, 0) is 49.7 Å². The van der Waals surface area contributed by atoms with E-state index < -0.39 is 5.82 Å². The van der Waals surface area contributed by atoms with Crippen LogP contribution in [0.4, 0.5) is 14.9 Å². The first kappa shape index (κ1) is 15.8. The number of benzene rings is 2. The Morgan fingerprint density at radius 3 is 2.64 bits per heavy atom. The van der Waals surface area contributed by atoms with Crippen LogP contribution in [0, 0.1) is 5.82 Å². The Balaban J connectivity index is 2.14. The molecule has 4 nitrogen and oxygen atoms in total. The molecular formula is C17H19FN2O2. The van der Waals surface area contributed by atoms with Crippen LogP contribution < -0.4 is 5.32 Å². The average Bonchev–Trinajstić information content (AvgIpc) is 2.47. The van der Waals surface area contributed by atoms with Gasteiger partial charge < -0.3 is 15.3 Å². The molecular weight excluding hydrogens is 283 g/mol. The zero-order chi connectivity index (χ0) is 16.1. The van der Waals surface area contributed by atoms with Crippen LogP contribution in [0.2, 0.25) is 0 Å². The monoisotopic (exact) mass is 302 g/mol. The Morgan fingerprint density at radius 1 is 1.27 bits per heavy atom. The quantitative estimate of drug-likeness (QED) is 0.891. The van der Waals surface area contributed by atoms with Crippen LogP contribution in [0.25, 0.3) is 0 Å². The fraction of sp³-hybridized carbons (Fsp3) is 0.235. The summed E-state index contributed by atoms with van der Waals surface area (Å²) in [6.45, 7) is 4.23. The molecule has 0 bridgehead atoms. The van der Waals surface area contributed by atoms with E-state index in [1.807, 2.05) is 19.9 Å². The van der Waals surface area contributed by atoms with Crippen molar-refractivity contribution < 1.29 is 14.3 Å². The van der Waals surface area contributed by atoms with Crippen molar-refractivity contribution in [1.82, 2.24) is 4.90 Å². The standard InChI is InChI=1S/C17H19FN2O2/c1-3-20(12(2)13-6-4-9-16(21)10-13)17(22)19-15-8-5-7-14(18)11-15/h4-12,21H,3H2,1-2H3,(H,19,22). The minimum atomic E-state index is -0.401. The van der Waals surface area contributed by atoms with Crippen LogP contribution >= 0.6 is 0 Å². The lowest BCUT2D eigenvalue weighted by Crippen LogP contribution is -2.36. The maximum Gasteiger partial charge on any atom is 0.322 e. The van der Waals surface area contributed by atoms with Crippen molar-refractivity contribution in [3.63, 3.8) is 0 Å². The smallest absolute Gasteiger partial charge is 0.322 e. The third kappa shape index (κ3) is 3.75. The molecule has 0 aliphatic heterocycles. The summed E-state index contributed by atoms with van der Waals surface area (Å²) in [5.41, 5.74) is 1.24. The molecule has 0 aliphatic rings. The highest BCUT2D eigenvalue weighted by atomic mass is 19.1. The van der Waals surface area contributed by atoms with Gasteiger partial charge in [0.25, 0.3) is 0 Å². The second kappa shape index (κ2) is 6.93. The van der Waals surface area contributed by atoms with Gasteiger partial charge in [-0.2, -0.15) is 0 Å². The van der Waals surface area contributed by atoms with Crippen molar-refractivity contribution in [2.75, 3.05) is 11.9 Å². The second-order valence-corrected chi connectivity index (χ2v) is 5.00. The van der Waals surface area contributed by atoms with Gasteiger partial charge in [-0.1, -0.05) is 18.2 Å². The van der Waals surface area contributed by atoms with Crippen molar-refractivity contribution in [2.24, 2.45) is 0 Å². The first-order valence-electron chi connectivity index (χ1n) is 7.13. The number of hydrogen-bond acceptors (Lipinski definition) is 2. The number of rotatable bonds is 4. The second-order valence-electron chi connectivity index (χ2n) is 5.00. The molecule has 0 spiro atoms. The molecule has 2 rings (SSSR count). The molecule has 2 aromatic carbocycles. The maximum atomic E-state index is 13.2. The number of nitrogens with zero attached hydrogens (tertiary/aromatic N) is 1. The van der Waals surface area contributed by atoms with Gasteiger partial charge in [0.2, 0.25) is 0 Å². The molecule has 5 heteroatoms. The summed E-state index contributed by atoms with van der Waals surface area (Å²) in [5.74, 6) is -0.243. The highest BCUT2D eigenvalue weighted by molar-refractivity contribution is 5.89. The molecule has 0 aromatic heterocycles. The first-order valence-corrected chi connectivity index (χ1v) is 7.13. The van der Waals surface area contributed by atoms with Crippen LogP contribution in [0.15, 0.2) is 48.5 Å². The molecule has 0 aliphatic carbocycles. The number of phenols is 1. The predicted molar refractivity (Wildman–Crippen MR) is 84.3 cm³/mol. The SMILES string of the molecule is CCN(C(=O)Nc1cccc(F)c1)C(C)c1cccc(O)c1. The highest BCUT2D eigenvalue weighted by Crippen LogP contribution is 2.24. The van der Waals surface area contributed by atoms with Crippen LogP contribution in [0.3, 0.4) is 0 Å². The van der Waals surface area contributed by atoms with Crippen molar-refractivity contribution in [3.05, 3.63) is 59.9 Å². The number of nitrogens with one attached hydrogen (secondary N) is 1. The van der Waals surface area contributed by atoms with Crippen molar-refractivity contribution in [3.8, 4) is 5.75 Å². The fourth-order valence-electron chi connectivity index (χ4n) is 2.32. The first-order chi connectivity index (χ1) is 10.5. The number of phenolic OH excluding ortho intramolecular Hbond substituents is 1. The van der Waals surface area contributed by atoms with E-state index in [9.17, 15) is 14.3 Å². The number of hydrogen-bond donors (Lipinski definition) is 2. The van der Waals surface area contributed by atoms with E-state index in [2.05, 4.69) is 5.32 Å². The Kier molecular flexibility index (Phi) is 4.99. The number of amides is 2. The number of anilines is 1. The number of halogens is 1. The van der Waals surface area contributed by atoms with Gasteiger partial charge in [-0.3, -0.25) is 0 Å². The van der Waals surface area contributed by atoms with E-state index in [0.717, 1.165) is 5.56 Å². The molecule has 2 amide bonds. The zero-order valence-corrected chi connectivity index (χ0v) is 12.6. The van der Waals surface area contributed by atoms with Crippen molar-refractivity contribution in [2.45, 2.75) is 19.9 Å². The van der Waals surface area contributed by atoms with Crippen molar-refractivity contribution >= 4 is 11.7 Å². The summed E-state index contributed by atoms with van der Waals surface area (Å²) >= 11 is 0. The Bertz CT molecular complexity index is 661. The summed E-state index contributed by atoms with van der Waals surface area (Å²) in [4.78, 5) is 14.0. The Labute approximate surface area is 129 Å². The Hall–Kier alpha value is -2.56. The van der Waals surface area contributed by atoms with E-state index in [-0.39, 0.29) is 17.8 Å². The lowest BCUT2D eigenvalue weighted by molar-refractivity contribution is 0.197. The molecule has 0 saturated carbocycles. The minimum absolute atomic E-state index is 0.158. The number of urea groups is 1.